The third-order valence-electron chi connectivity index (χ3n) is 1.78. The van der Waals surface area contributed by atoms with Gasteiger partial charge in [0.1, 0.15) is 18.5 Å². The van der Waals surface area contributed by atoms with Crippen LogP contribution in [-0.4, -0.2) is 19.7 Å². The van der Waals surface area contributed by atoms with E-state index in [2.05, 4.69) is 15.2 Å². The van der Waals surface area contributed by atoms with Crippen LogP contribution in [0.1, 0.15) is 11.4 Å². The highest BCUT2D eigenvalue weighted by atomic mass is 15.2. The number of aromatic nitrogens is 4. The molecule has 2 aromatic rings. The van der Waals surface area contributed by atoms with Crippen LogP contribution < -0.4 is 0 Å². The third kappa shape index (κ3) is 1.40. The average Bonchev–Trinajstić information content (AvgIpc) is 2.72. The molecule has 2 aromatic heterocycles. The van der Waals surface area contributed by atoms with Crippen molar-refractivity contribution in [2.45, 2.75) is 0 Å². The largest absolute Gasteiger partial charge is 0.271 e. The van der Waals surface area contributed by atoms with Crippen LogP contribution in [0.5, 0.6) is 0 Å². The van der Waals surface area contributed by atoms with E-state index in [4.69, 9.17) is 10.5 Å². The summed E-state index contributed by atoms with van der Waals surface area (Å²) < 4.78 is 1.42. The first-order valence-electron chi connectivity index (χ1n) is 4.02. The van der Waals surface area contributed by atoms with Gasteiger partial charge in [0, 0.05) is 6.20 Å². The van der Waals surface area contributed by atoms with E-state index in [1.54, 1.807) is 12.1 Å². The molecule has 0 saturated carbocycles. The molecule has 70 valence electrons. The molecule has 2 heterocycles. The summed E-state index contributed by atoms with van der Waals surface area (Å²) in [6, 6.07) is 7.11. The van der Waals surface area contributed by atoms with E-state index >= 15 is 0 Å². The lowest BCUT2D eigenvalue weighted by atomic mass is 10.3. The van der Waals surface area contributed by atoms with Crippen LogP contribution in [-0.2, 0) is 0 Å². The third-order valence-corrected chi connectivity index (χ3v) is 1.78. The summed E-state index contributed by atoms with van der Waals surface area (Å²) in [5.74, 6) is 0.461. The first-order valence-corrected chi connectivity index (χ1v) is 4.02. The zero-order valence-electron chi connectivity index (χ0n) is 7.49. The van der Waals surface area contributed by atoms with Crippen molar-refractivity contribution in [3.63, 3.8) is 0 Å². The Bertz CT molecular complexity index is 557. The summed E-state index contributed by atoms with van der Waals surface area (Å²) in [5.41, 5.74) is 0.251. The lowest BCUT2D eigenvalue weighted by Gasteiger charge is -1.99. The van der Waals surface area contributed by atoms with Gasteiger partial charge in [0.2, 0.25) is 0 Å². The van der Waals surface area contributed by atoms with Crippen LogP contribution in [0.25, 0.3) is 5.82 Å². The molecule has 0 unspecified atom stereocenters. The van der Waals surface area contributed by atoms with Crippen molar-refractivity contribution < 1.29 is 0 Å². The van der Waals surface area contributed by atoms with E-state index in [1.165, 1.54) is 17.1 Å². The van der Waals surface area contributed by atoms with Crippen LogP contribution in [0.15, 0.2) is 24.7 Å². The fourth-order valence-corrected chi connectivity index (χ4v) is 1.13. The number of hydrogen-bond donors (Lipinski definition) is 0. The molecule has 0 fully saturated rings. The SMILES string of the molecule is N#Cc1ncn(-c2cccnn2)c1C#N. The van der Waals surface area contributed by atoms with Gasteiger partial charge in [0.15, 0.2) is 17.2 Å². The van der Waals surface area contributed by atoms with Gasteiger partial charge in [-0.25, -0.2) is 4.98 Å². The van der Waals surface area contributed by atoms with Gasteiger partial charge in [0.05, 0.1) is 0 Å². The van der Waals surface area contributed by atoms with Crippen molar-refractivity contribution in [2.24, 2.45) is 0 Å². The monoisotopic (exact) mass is 196 g/mol. The Morgan fingerprint density at radius 3 is 2.73 bits per heavy atom. The van der Waals surface area contributed by atoms with Crippen molar-refractivity contribution in [3.8, 4) is 18.0 Å². The Labute approximate surface area is 85.1 Å². The van der Waals surface area contributed by atoms with Crippen LogP contribution in [0.2, 0.25) is 0 Å². The molecule has 2 rings (SSSR count). The fraction of sp³-hybridized carbons (Fsp3) is 0. The molecular formula is C9H4N6. The summed E-state index contributed by atoms with van der Waals surface area (Å²) in [6.45, 7) is 0. The van der Waals surface area contributed by atoms with Gasteiger partial charge >= 0.3 is 0 Å². The van der Waals surface area contributed by atoms with Crippen molar-refractivity contribution in [3.05, 3.63) is 36.0 Å². The highest BCUT2D eigenvalue weighted by Gasteiger charge is 2.11. The quantitative estimate of drug-likeness (QED) is 0.658. The van der Waals surface area contributed by atoms with Gasteiger partial charge in [0.25, 0.3) is 0 Å². The zero-order chi connectivity index (χ0) is 10.7. The molecule has 0 saturated heterocycles. The molecule has 0 atom stereocenters. The summed E-state index contributed by atoms with van der Waals surface area (Å²) >= 11 is 0. The highest BCUT2D eigenvalue weighted by molar-refractivity contribution is 5.41. The molecule has 6 heteroatoms. The number of nitrogens with zero attached hydrogens (tertiary/aromatic N) is 6. The minimum Gasteiger partial charge on any atom is -0.271 e. The van der Waals surface area contributed by atoms with Gasteiger partial charge in [-0.3, -0.25) is 4.57 Å². The summed E-state index contributed by atoms with van der Waals surface area (Å²) in [5, 5.41) is 25.1. The molecule has 6 nitrogen and oxygen atoms in total. The number of imidazole rings is 1. The highest BCUT2D eigenvalue weighted by Crippen LogP contribution is 2.10. The zero-order valence-corrected chi connectivity index (χ0v) is 7.49. The Balaban J connectivity index is 2.62. The van der Waals surface area contributed by atoms with Crippen LogP contribution in [0.4, 0.5) is 0 Å². The number of rotatable bonds is 1. The van der Waals surface area contributed by atoms with Crippen LogP contribution >= 0.6 is 0 Å². The fourth-order valence-electron chi connectivity index (χ4n) is 1.13. The predicted molar refractivity (Wildman–Crippen MR) is 48.6 cm³/mol. The minimum atomic E-state index is 0.0863. The van der Waals surface area contributed by atoms with Gasteiger partial charge in [-0.1, -0.05) is 0 Å². The smallest absolute Gasteiger partial charge is 0.177 e. The van der Waals surface area contributed by atoms with Crippen molar-refractivity contribution in [2.75, 3.05) is 0 Å². The molecule has 15 heavy (non-hydrogen) atoms. The van der Waals surface area contributed by atoms with Crippen LogP contribution in [0, 0.1) is 22.7 Å². The topological polar surface area (TPSA) is 91.2 Å². The van der Waals surface area contributed by atoms with Gasteiger partial charge < -0.3 is 0 Å². The van der Waals surface area contributed by atoms with Gasteiger partial charge in [-0.15, -0.1) is 5.10 Å². The van der Waals surface area contributed by atoms with Crippen molar-refractivity contribution in [1.82, 2.24) is 19.7 Å². The second-order valence-electron chi connectivity index (χ2n) is 2.62. The molecule has 0 aliphatic carbocycles. The maximum atomic E-state index is 8.87. The molecule has 0 aliphatic rings. The predicted octanol–water partition coefficient (Wildman–Crippen LogP) is 0.406. The Hall–Kier alpha value is -2.73. The second kappa shape index (κ2) is 3.56. The van der Waals surface area contributed by atoms with Gasteiger partial charge in [-0.2, -0.15) is 15.6 Å². The van der Waals surface area contributed by atoms with E-state index in [0.717, 1.165) is 0 Å². The Morgan fingerprint density at radius 2 is 2.13 bits per heavy atom. The minimum absolute atomic E-state index is 0.0863. The Morgan fingerprint density at radius 1 is 1.27 bits per heavy atom. The van der Waals surface area contributed by atoms with E-state index in [9.17, 15) is 0 Å². The lowest BCUT2D eigenvalue weighted by Crippen LogP contribution is -2.00. The standard InChI is InChI=1S/C9H4N6/c10-4-7-8(5-11)15(6-12-7)9-2-1-3-13-14-9/h1-3,6H. The number of hydrogen-bond acceptors (Lipinski definition) is 5. The van der Waals surface area contributed by atoms with E-state index in [-0.39, 0.29) is 11.4 Å². The van der Waals surface area contributed by atoms with E-state index in [0.29, 0.717) is 5.82 Å². The summed E-state index contributed by atoms with van der Waals surface area (Å²) in [7, 11) is 0. The normalized spacial score (nSPS) is 9.20. The molecule has 0 amide bonds. The molecule has 0 N–H and O–H groups in total. The van der Waals surface area contributed by atoms with Crippen molar-refractivity contribution in [1.29, 1.82) is 10.5 Å². The molecule has 0 bridgehead atoms. The first kappa shape index (κ1) is 8.85. The maximum Gasteiger partial charge on any atom is 0.177 e. The van der Waals surface area contributed by atoms with E-state index < -0.39 is 0 Å². The molecule has 0 aromatic carbocycles. The lowest BCUT2D eigenvalue weighted by molar-refractivity contribution is 0.903. The van der Waals surface area contributed by atoms with Crippen molar-refractivity contribution >= 4 is 0 Å². The van der Waals surface area contributed by atoms with Gasteiger partial charge in [-0.05, 0) is 12.1 Å². The average molecular weight is 196 g/mol. The molecule has 0 aliphatic heterocycles. The first-order chi connectivity index (χ1) is 7.36. The van der Waals surface area contributed by atoms with E-state index in [1.807, 2.05) is 12.1 Å². The number of nitriles is 2. The molecule has 0 radical (unpaired) electrons. The molecular weight excluding hydrogens is 192 g/mol. The summed E-state index contributed by atoms with van der Waals surface area (Å²) in [4.78, 5) is 3.79. The second-order valence-corrected chi connectivity index (χ2v) is 2.62. The summed E-state index contributed by atoms with van der Waals surface area (Å²) in [6.07, 6.45) is 2.90. The Kier molecular flexibility index (Phi) is 2.10. The maximum absolute atomic E-state index is 8.87. The van der Waals surface area contributed by atoms with Crippen LogP contribution in [0.3, 0.4) is 0 Å². The molecule has 0 spiro atoms.